The largest absolute Gasteiger partial charge is 0.384 e. The average Bonchev–Trinajstić information content (AvgIpc) is 3.18. The fraction of sp³-hybridized carbons (Fsp3) is 0.227. The lowest BCUT2D eigenvalue weighted by Gasteiger charge is -2.26. The van der Waals surface area contributed by atoms with E-state index in [0.717, 1.165) is 61.0 Å². The lowest BCUT2D eigenvalue weighted by atomic mass is 10.1. The molecular formula is C22H22N6O. The van der Waals surface area contributed by atoms with Crippen molar-refractivity contribution < 1.29 is 4.74 Å². The predicted molar refractivity (Wildman–Crippen MR) is 112 cm³/mol. The predicted octanol–water partition coefficient (Wildman–Crippen LogP) is 2.87. The molecule has 29 heavy (non-hydrogen) atoms. The van der Waals surface area contributed by atoms with Crippen molar-refractivity contribution in [1.82, 2.24) is 24.5 Å². The van der Waals surface area contributed by atoms with Gasteiger partial charge in [-0.2, -0.15) is 5.10 Å². The Kier molecular flexibility index (Phi) is 4.67. The number of benzene rings is 1. The van der Waals surface area contributed by atoms with Gasteiger partial charge in [0.05, 0.1) is 30.8 Å². The highest BCUT2D eigenvalue weighted by Gasteiger charge is 2.12. The normalized spacial score (nSPS) is 15.0. The van der Waals surface area contributed by atoms with Crippen LogP contribution >= 0.6 is 0 Å². The number of ether oxygens (including phenoxy) is 1. The fourth-order valence-electron chi connectivity index (χ4n) is 3.63. The Morgan fingerprint density at radius 3 is 2.55 bits per heavy atom. The minimum Gasteiger partial charge on any atom is -0.384 e. The van der Waals surface area contributed by atoms with Crippen molar-refractivity contribution in [2.45, 2.75) is 6.54 Å². The summed E-state index contributed by atoms with van der Waals surface area (Å²) >= 11 is 0. The fourth-order valence-corrected chi connectivity index (χ4v) is 3.63. The molecule has 0 bridgehead atoms. The first-order chi connectivity index (χ1) is 14.3. The Morgan fingerprint density at radius 1 is 0.931 bits per heavy atom. The second-order valence-corrected chi connectivity index (χ2v) is 7.19. The molecule has 0 saturated carbocycles. The lowest BCUT2D eigenvalue weighted by molar-refractivity contribution is 0.0342. The van der Waals surface area contributed by atoms with Gasteiger partial charge in [0.25, 0.3) is 0 Å². The molecule has 0 aliphatic carbocycles. The van der Waals surface area contributed by atoms with E-state index in [-0.39, 0.29) is 0 Å². The molecule has 1 aliphatic heterocycles. The molecule has 1 aromatic carbocycles. The Balaban J connectivity index is 1.44. The van der Waals surface area contributed by atoms with Gasteiger partial charge in [0.2, 0.25) is 0 Å². The van der Waals surface area contributed by atoms with Crippen LogP contribution in [-0.2, 0) is 11.3 Å². The summed E-state index contributed by atoms with van der Waals surface area (Å²) < 4.78 is 7.30. The third-order valence-corrected chi connectivity index (χ3v) is 5.20. The average molecular weight is 386 g/mol. The third kappa shape index (κ3) is 3.70. The van der Waals surface area contributed by atoms with E-state index in [1.54, 1.807) is 6.20 Å². The van der Waals surface area contributed by atoms with Gasteiger partial charge in [-0.15, -0.1) is 0 Å². The highest BCUT2D eigenvalue weighted by atomic mass is 16.5. The van der Waals surface area contributed by atoms with Crippen molar-refractivity contribution in [2.24, 2.45) is 0 Å². The van der Waals surface area contributed by atoms with Gasteiger partial charge in [-0.1, -0.05) is 24.3 Å². The number of anilines is 1. The Bertz CT molecular complexity index is 1130. The number of morpholine rings is 1. The zero-order chi connectivity index (χ0) is 19.6. The smallest absolute Gasteiger partial charge is 0.154 e. The van der Waals surface area contributed by atoms with Crippen molar-refractivity contribution in [1.29, 1.82) is 0 Å². The first-order valence-corrected chi connectivity index (χ1v) is 9.72. The molecule has 0 amide bonds. The summed E-state index contributed by atoms with van der Waals surface area (Å²) in [5.74, 6) is 0.478. The van der Waals surface area contributed by atoms with Gasteiger partial charge in [0.15, 0.2) is 5.65 Å². The van der Waals surface area contributed by atoms with Crippen LogP contribution in [-0.4, -0.2) is 50.8 Å². The Labute approximate surface area is 168 Å². The van der Waals surface area contributed by atoms with E-state index < -0.39 is 0 Å². The molecule has 5 rings (SSSR count). The van der Waals surface area contributed by atoms with Gasteiger partial charge in [-0.3, -0.25) is 4.90 Å². The Hall–Kier alpha value is -3.29. The molecule has 7 heteroatoms. The summed E-state index contributed by atoms with van der Waals surface area (Å²) in [5.41, 5.74) is 11.7. The molecule has 0 radical (unpaired) electrons. The van der Waals surface area contributed by atoms with Crippen LogP contribution in [0.5, 0.6) is 0 Å². The minimum atomic E-state index is 0.478. The molecule has 4 aromatic rings. The van der Waals surface area contributed by atoms with E-state index in [4.69, 9.17) is 15.6 Å². The monoisotopic (exact) mass is 386 g/mol. The third-order valence-electron chi connectivity index (χ3n) is 5.20. The number of pyridine rings is 1. The summed E-state index contributed by atoms with van der Waals surface area (Å²) in [7, 11) is 0. The van der Waals surface area contributed by atoms with Crippen LogP contribution in [0.3, 0.4) is 0 Å². The first kappa shape index (κ1) is 17.8. The van der Waals surface area contributed by atoms with Gasteiger partial charge >= 0.3 is 0 Å². The number of hydrogen-bond acceptors (Lipinski definition) is 6. The van der Waals surface area contributed by atoms with Crippen molar-refractivity contribution in [3.8, 4) is 22.5 Å². The lowest BCUT2D eigenvalue weighted by Crippen LogP contribution is -2.35. The maximum absolute atomic E-state index is 5.82. The molecule has 2 N–H and O–H groups in total. The van der Waals surface area contributed by atoms with Gasteiger partial charge in [0, 0.05) is 37.0 Å². The molecule has 1 fully saturated rings. The molecule has 0 atom stereocenters. The molecule has 0 spiro atoms. The first-order valence-electron chi connectivity index (χ1n) is 9.72. The van der Waals surface area contributed by atoms with Gasteiger partial charge in [-0.05, 0) is 29.8 Å². The van der Waals surface area contributed by atoms with E-state index in [1.807, 2.05) is 35.0 Å². The molecule has 1 saturated heterocycles. The van der Waals surface area contributed by atoms with E-state index in [0.29, 0.717) is 5.82 Å². The van der Waals surface area contributed by atoms with Crippen LogP contribution in [0.1, 0.15) is 5.56 Å². The molecule has 3 aromatic heterocycles. The zero-order valence-corrected chi connectivity index (χ0v) is 16.0. The number of hydrogen-bond donors (Lipinski definition) is 1. The number of fused-ring (bicyclic) bond motifs is 1. The van der Waals surface area contributed by atoms with Crippen molar-refractivity contribution in [3.63, 3.8) is 0 Å². The quantitative estimate of drug-likeness (QED) is 0.581. The minimum absolute atomic E-state index is 0.478. The number of rotatable bonds is 4. The van der Waals surface area contributed by atoms with E-state index in [9.17, 15) is 0 Å². The van der Waals surface area contributed by atoms with E-state index >= 15 is 0 Å². The summed E-state index contributed by atoms with van der Waals surface area (Å²) in [6, 6.07) is 16.3. The highest BCUT2D eigenvalue weighted by Crippen LogP contribution is 2.24. The molecule has 7 nitrogen and oxygen atoms in total. The summed E-state index contributed by atoms with van der Waals surface area (Å²) in [4.78, 5) is 11.0. The topological polar surface area (TPSA) is 81.6 Å². The van der Waals surface area contributed by atoms with Crippen LogP contribution in [0, 0.1) is 0 Å². The number of nitrogens with zero attached hydrogens (tertiary/aromatic N) is 5. The highest BCUT2D eigenvalue weighted by molar-refractivity contribution is 5.67. The van der Waals surface area contributed by atoms with Crippen molar-refractivity contribution >= 4 is 11.5 Å². The van der Waals surface area contributed by atoms with Crippen molar-refractivity contribution in [2.75, 3.05) is 32.0 Å². The van der Waals surface area contributed by atoms with Crippen LogP contribution in [0.25, 0.3) is 28.2 Å². The standard InChI is InChI=1S/C22H22N6O/c23-21-13-18(7-8-24-21)19-5-6-22-25-14-20(28(22)26-19)17-3-1-16(2-4-17)15-27-9-11-29-12-10-27/h1-8,13-14H,9-12,15H2,(H2,23,24). The maximum Gasteiger partial charge on any atom is 0.154 e. The second kappa shape index (κ2) is 7.62. The number of nitrogens with two attached hydrogens (primary N) is 1. The Morgan fingerprint density at radius 2 is 1.76 bits per heavy atom. The summed E-state index contributed by atoms with van der Waals surface area (Å²) in [6.45, 7) is 4.55. The van der Waals surface area contributed by atoms with Crippen LogP contribution in [0.15, 0.2) is 60.9 Å². The number of nitrogen functional groups attached to an aromatic ring is 1. The van der Waals surface area contributed by atoms with Gasteiger partial charge < -0.3 is 10.5 Å². The maximum atomic E-state index is 5.82. The van der Waals surface area contributed by atoms with Gasteiger partial charge in [0.1, 0.15) is 5.82 Å². The molecule has 0 unspecified atom stereocenters. The number of imidazole rings is 1. The van der Waals surface area contributed by atoms with E-state index in [2.05, 4.69) is 39.1 Å². The summed E-state index contributed by atoms with van der Waals surface area (Å²) in [6.07, 6.45) is 3.56. The zero-order valence-electron chi connectivity index (χ0n) is 16.0. The van der Waals surface area contributed by atoms with Crippen LogP contribution in [0.2, 0.25) is 0 Å². The molecule has 146 valence electrons. The molecular weight excluding hydrogens is 364 g/mol. The second-order valence-electron chi connectivity index (χ2n) is 7.19. The van der Waals surface area contributed by atoms with Crippen LogP contribution < -0.4 is 5.73 Å². The van der Waals surface area contributed by atoms with Crippen LogP contribution in [0.4, 0.5) is 5.82 Å². The van der Waals surface area contributed by atoms with Gasteiger partial charge in [-0.25, -0.2) is 14.5 Å². The SMILES string of the molecule is Nc1cc(-c2ccc3ncc(-c4ccc(CN5CCOCC5)cc4)n3n2)ccn1. The van der Waals surface area contributed by atoms with E-state index in [1.165, 1.54) is 5.56 Å². The molecule has 1 aliphatic rings. The van der Waals surface area contributed by atoms with Crippen molar-refractivity contribution in [3.05, 3.63) is 66.5 Å². The number of aromatic nitrogens is 4. The summed E-state index contributed by atoms with van der Waals surface area (Å²) in [5, 5.41) is 4.79. The molecule has 4 heterocycles.